The zero-order valence-electron chi connectivity index (χ0n) is 11.7. The van der Waals surface area contributed by atoms with Crippen molar-refractivity contribution in [3.8, 4) is 0 Å². The van der Waals surface area contributed by atoms with Crippen molar-refractivity contribution in [3.05, 3.63) is 29.6 Å². The first kappa shape index (κ1) is 13.0. The molecule has 4 heteroatoms. The van der Waals surface area contributed by atoms with Crippen molar-refractivity contribution in [2.45, 2.75) is 51.8 Å². The molecule has 1 saturated heterocycles. The van der Waals surface area contributed by atoms with Gasteiger partial charge in [0.25, 0.3) is 0 Å². The van der Waals surface area contributed by atoms with Crippen molar-refractivity contribution >= 4 is 0 Å². The van der Waals surface area contributed by atoms with E-state index in [4.69, 9.17) is 9.78 Å². The van der Waals surface area contributed by atoms with Crippen molar-refractivity contribution in [2.75, 3.05) is 6.61 Å². The van der Waals surface area contributed by atoms with Crippen LogP contribution in [0.4, 0.5) is 0 Å². The minimum absolute atomic E-state index is 0.00355. The zero-order valence-corrected chi connectivity index (χ0v) is 11.7. The largest absolute Gasteiger partial charge is 0.278 e. The molecule has 0 radical (unpaired) electrons. The number of hydrogen-bond donors (Lipinski definition) is 1. The second-order valence-electron chi connectivity index (χ2n) is 6.04. The summed E-state index contributed by atoms with van der Waals surface area (Å²) in [6.45, 7) is 5.12. The molecule has 1 N–H and O–H groups in total. The number of hydrogen-bond acceptors (Lipinski definition) is 4. The van der Waals surface area contributed by atoms with E-state index in [0.29, 0.717) is 6.61 Å². The highest BCUT2D eigenvalue weighted by molar-refractivity contribution is 5.23. The number of aromatic nitrogens is 1. The van der Waals surface area contributed by atoms with E-state index in [1.54, 1.807) is 0 Å². The summed E-state index contributed by atoms with van der Waals surface area (Å²) in [5.74, 6) is 0. The maximum atomic E-state index is 5.09. The van der Waals surface area contributed by atoms with Crippen LogP contribution in [-0.4, -0.2) is 17.8 Å². The molecule has 1 aromatic heterocycles. The summed E-state index contributed by atoms with van der Waals surface area (Å²) < 4.78 is 0. The summed E-state index contributed by atoms with van der Waals surface area (Å²) in [5, 5.41) is 3.58. The van der Waals surface area contributed by atoms with E-state index in [-0.39, 0.29) is 17.7 Å². The Balaban J connectivity index is 1.89. The summed E-state index contributed by atoms with van der Waals surface area (Å²) >= 11 is 0. The van der Waals surface area contributed by atoms with Gasteiger partial charge in [-0.15, -0.1) is 0 Å². The van der Waals surface area contributed by atoms with Crippen LogP contribution in [0.25, 0.3) is 0 Å². The van der Waals surface area contributed by atoms with Crippen LogP contribution in [0.3, 0.4) is 0 Å². The molecule has 2 fully saturated rings. The molecule has 2 unspecified atom stereocenters. The van der Waals surface area contributed by atoms with Crippen LogP contribution in [0.15, 0.2) is 18.3 Å². The molecule has 1 saturated carbocycles. The van der Waals surface area contributed by atoms with E-state index in [9.17, 15) is 0 Å². The first-order valence-corrected chi connectivity index (χ1v) is 7.15. The first-order valence-electron chi connectivity index (χ1n) is 7.15. The predicted molar refractivity (Wildman–Crippen MR) is 72.3 cm³/mol. The molecule has 0 aromatic carbocycles. The molecule has 1 aliphatic carbocycles. The van der Waals surface area contributed by atoms with Gasteiger partial charge in [0, 0.05) is 6.20 Å². The fraction of sp³-hybridized carbons (Fsp3) is 0.667. The maximum absolute atomic E-state index is 5.09. The van der Waals surface area contributed by atoms with Gasteiger partial charge in [-0.05, 0) is 36.8 Å². The van der Waals surface area contributed by atoms with Crippen LogP contribution >= 0.6 is 0 Å². The van der Waals surface area contributed by atoms with Crippen LogP contribution in [0, 0.1) is 12.3 Å². The van der Waals surface area contributed by atoms with E-state index < -0.39 is 0 Å². The van der Waals surface area contributed by atoms with Crippen LogP contribution in [0.5, 0.6) is 0 Å². The van der Waals surface area contributed by atoms with E-state index >= 15 is 0 Å². The van der Waals surface area contributed by atoms with Gasteiger partial charge in [0.15, 0.2) is 6.23 Å². The van der Waals surface area contributed by atoms with Gasteiger partial charge >= 0.3 is 0 Å². The molecule has 104 valence electrons. The molecule has 0 amide bonds. The Bertz CT molecular complexity index is 440. The fourth-order valence-corrected chi connectivity index (χ4v) is 3.28. The van der Waals surface area contributed by atoms with Gasteiger partial charge in [-0.1, -0.05) is 25.8 Å². The van der Waals surface area contributed by atoms with E-state index in [2.05, 4.69) is 30.2 Å². The molecule has 2 aliphatic rings. The lowest BCUT2D eigenvalue weighted by Gasteiger charge is -2.39. The Kier molecular flexibility index (Phi) is 3.56. The summed E-state index contributed by atoms with van der Waals surface area (Å²) in [4.78, 5) is 14.5. The van der Waals surface area contributed by atoms with Gasteiger partial charge in [-0.25, -0.2) is 9.78 Å². The molecular weight excluding hydrogens is 240 g/mol. The highest BCUT2D eigenvalue weighted by Crippen LogP contribution is 2.47. The second-order valence-corrected chi connectivity index (χ2v) is 6.04. The third kappa shape index (κ3) is 2.53. The fourth-order valence-electron chi connectivity index (χ4n) is 3.28. The Morgan fingerprint density at radius 1 is 1.42 bits per heavy atom. The Morgan fingerprint density at radius 3 is 2.74 bits per heavy atom. The number of rotatable bonds is 4. The zero-order chi connectivity index (χ0) is 13.3. The number of pyridine rings is 1. The molecule has 2 atom stereocenters. The Labute approximate surface area is 114 Å². The average molecular weight is 262 g/mol. The highest BCUT2D eigenvalue weighted by Gasteiger charge is 2.41. The van der Waals surface area contributed by atoms with Crippen molar-refractivity contribution in [1.82, 2.24) is 10.3 Å². The quantitative estimate of drug-likeness (QED) is 0.847. The van der Waals surface area contributed by atoms with Gasteiger partial charge in [0.2, 0.25) is 0 Å². The standard InChI is InChI=1S/C15H22N2O2/c1-11-6-5-9-16-13(11)14(17-12-10-18-19-12)15(2)7-3-4-8-15/h5-6,9,12,14,17H,3-4,7-8,10H2,1-2H3. The number of nitrogens with zero attached hydrogens (tertiary/aromatic N) is 1. The number of nitrogens with one attached hydrogen (secondary N) is 1. The topological polar surface area (TPSA) is 43.4 Å². The SMILES string of the molecule is Cc1cccnc1C(NC1COO1)C1(C)CCCC1. The Morgan fingerprint density at radius 2 is 2.16 bits per heavy atom. The van der Waals surface area contributed by atoms with Crippen molar-refractivity contribution in [2.24, 2.45) is 5.41 Å². The van der Waals surface area contributed by atoms with Gasteiger partial charge in [0.1, 0.15) is 6.61 Å². The van der Waals surface area contributed by atoms with Crippen LogP contribution in [0.2, 0.25) is 0 Å². The van der Waals surface area contributed by atoms with Gasteiger partial charge < -0.3 is 0 Å². The third-order valence-corrected chi connectivity index (χ3v) is 4.52. The summed E-state index contributed by atoms with van der Waals surface area (Å²) in [7, 11) is 0. The normalized spacial score (nSPS) is 26.9. The molecular formula is C15H22N2O2. The lowest BCUT2D eigenvalue weighted by molar-refractivity contribution is -0.433. The summed E-state index contributed by atoms with van der Waals surface area (Å²) in [5.41, 5.74) is 2.66. The van der Waals surface area contributed by atoms with Gasteiger partial charge in [0.05, 0.1) is 11.7 Å². The maximum Gasteiger partial charge on any atom is 0.171 e. The van der Waals surface area contributed by atoms with Crippen molar-refractivity contribution in [3.63, 3.8) is 0 Å². The van der Waals surface area contributed by atoms with Crippen LogP contribution < -0.4 is 5.32 Å². The summed E-state index contributed by atoms with van der Waals surface area (Å²) in [6, 6.07) is 4.37. The monoisotopic (exact) mass is 262 g/mol. The lowest BCUT2D eigenvalue weighted by atomic mass is 9.78. The molecule has 19 heavy (non-hydrogen) atoms. The molecule has 2 heterocycles. The average Bonchev–Trinajstić information content (AvgIpc) is 2.77. The molecule has 0 bridgehead atoms. The third-order valence-electron chi connectivity index (χ3n) is 4.52. The minimum Gasteiger partial charge on any atom is -0.278 e. The molecule has 3 rings (SSSR count). The molecule has 1 aromatic rings. The molecule has 0 spiro atoms. The Hall–Kier alpha value is -0.970. The van der Waals surface area contributed by atoms with E-state index in [1.165, 1.54) is 31.2 Å². The predicted octanol–water partition coefficient (Wildman–Crippen LogP) is 2.89. The van der Waals surface area contributed by atoms with Crippen molar-refractivity contribution in [1.29, 1.82) is 0 Å². The van der Waals surface area contributed by atoms with E-state index in [1.807, 2.05) is 12.3 Å². The van der Waals surface area contributed by atoms with E-state index in [0.717, 1.165) is 5.69 Å². The van der Waals surface area contributed by atoms with Crippen LogP contribution in [0.1, 0.15) is 49.9 Å². The van der Waals surface area contributed by atoms with Gasteiger partial charge in [-0.2, -0.15) is 0 Å². The smallest absolute Gasteiger partial charge is 0.171 e. The molecule has 4 nitrogen and oxygen atoms in total. The number of aryl methyl sites for hydroxylation is 1. The summed E-state index contributed by atoms with van der Waals surface area (Å²) in [6.07, 6.45) is 6.99. The van der Waals surface area contributed by atoms with Crippen molar-refractivity contribution < 1.29 is 9.78 Å². The second kappa shape index (κ2) is 5.19. The van der Waals surface area contributed by atoms with Crippen LogP contribution in [-0.2, 0) is 9.78 Å². The first-order chi connectivity index (χ1) is 9.19. The van der Waals surface area contributed by atoms with Gasteiger partial charge in [-0.3, -0.25) is 10.3 Å². The lowest BCUT2D eigenvalue weighted by Crippen LogP contribution is -2.49. The molecule has 1 aliphatic heterocycles. The minimum atomic E-state index is 0.00355. The highest BCUT2D eigenvalue weighted by atomic mass is 17.2.